The van der Waals surface area contributed by atoms with Crippen molar-refractivity contribution in [2.45, 2.75) is 26.9 Å². The van der Waals surface area contributed by atoms with Gasteiger partial charge in [-0.1, -0.05) is 54.6 Å². The maximum atomic E-state index is 2.43. The molecule has 4 aromatic carbocycles. The van der Waals surface area contributed by atoms with Crippen molar-refractivity contribution in [2.75, 3.05) is 0 Å². The minimum absolute atomic E-state index is 0.969. The molecule has 6 aromatic rings. The van der Waals surface area contributed by atoms with Crippen molar-refractivity contribution in [1.29, 1.82) is 0 Å². The molecule has 0 saturated carbocycles. The van der Waals surface area contributed by atoms with Crippen LogP contribution in [0.15, 0.2) is 84.9 Å². The van der Waals surface area contributed by atoms with Gasteiger partial charge >= 0.3 is 0 Å². The molecule has 0 bridgehead atoms. The highest BCUT2D eigenvalue weighted by atomic mass is 15.0. The number of aryl methyl sites for hydroxylation is 2. The summed E-state index contributed by atoms with van der Waals surface area (Å²) in [5.74, 6) is 0. The molecule has 6 rings (SSSR count). The van der Waals surface area contributed by atoms with E-state index in [1.165, 1.54) is 54.7 Å². The number of fused-ring (bicyclic) bond motifs is 6. The zero-order valence-electron chi connectivity index (χ0n) is 17.4. The van der Waals surface area contributed by atoms with Crippen LogP contribution >= 0.6 is 0 Å². The van der Waals surface area contributed by atoms with Crippen molar-refractivity contribution in [3.05, 3.63) is 84.9 Å². The predicted molar refractivity (Wildman–Crippen MR) is 129 cm³/mol. The molecule has 0 aliphatic carbocycles. The number of hydrogen-bond acceptors (Lipinski definition) is 0. The van der Waals surface area contributed by atoms with Crippen LogP contribution in [-0.2, 0) is 13.1 Å². The molecule has 0 saturated heterocycles. The Hall–Kier alpha value is -3.52. The predicted octanol–water partition coefficient (Wildman–Crippen LogP) is 7.61. The topological polar surface area (TPSA) is 9.86 Å². The molecule has 2 heterocycles. The Morgan fingerprint density at radius 2 is 0.967 bits per heavy atom. The molecule has 2 aromatic heterocycles. The molecule has 2 nitrogen and oxygen atoms in total. The minimum atomic E-state index is 0.969. The average Bonchev–Trinajstić information content (AvgIpc) is 3.30. The van der Waals surface area contributed by atoms with Crippen LogP contribution in [0.1, 0.15) is 13.8 Å². The van der Waals surface area contributed by atoms with Crippen molar-refractivity contribution < 1.29 is 0 Å². The lowest BCUT2D eigenvalue weighted by Crippen LogP contribution is -1.93. The Balaban J connectivity index is 1.62. The van der Waals surface area contributed by atoms with Crippen LogP contribution in [0.2, 0.25) is 0 Å². The number of para-hydroxylation sites is 2. The van der Waals surface area contributed by atoms with Gasteiger partial charge in [0, 0.05) is 56.7 Å². The molecule has 30 heavy (non-hydrogen) atoms. The van der Waals surface area contributed by atoms with Crippen LogP contribution in [0, 0.1) is 0 Å². The van der Waals surface area contributed by atoms with E-state index < -0.39 is 0 Å². The van der Waals surface area contributed by atoms with E-state index in [1.807, 2.05) is 0 Å². The molecule has 0 fully saturated rings. The first-order valence-corrected chi connectivity index (χ1v) is 10.8. The number of aromatic nitrogens is 2. The van der Waals surface area contributed by atoms with Crippen molar-refractivity contribution in [3.8, 4) is 11.1 Å². The van der Waals surface area contributed by atoms with Crippen molar-refractivity contribution >= 4 is 43.6 Å². The summed E-state index contributed by atoms with van der Waals surface area (Å²) < 4.78 is 4.84. The second kappa shape index (κ2) is 6.50. The maximum absolute atomic E-state index is 2.43. The van der Waals surface area contributed by atoms with Gasteiger partial charge in [0.1, 0.15) is 0 Å². The van der Waals surface area contributed by atoms with Gasteiger partial charge in [-0.25, -0.2) is 0 Å². The zero-order chi connectivity index (χ0) is 20.2. The van der Waals surface area contributed by atoms with Crippen LogP contribution in [-0.4, -0.2) is 9.13 Å². The van der Waals surface area contributed by atoms with Crippen LogP contribution in [0.5, 0.6) is 0 Å². The second-order valence-corrected chi connectivity index (χ2v) is 7.99. The summed E-state index contributed by atoms with van der Waals surface area (Å²) in [6, 6.07) is 31.3. The second-order valence-electron chi connectivity index (χ2n) is 7.99. The first kappa shape index (κ1) is 17.3. The van der Waals surface area contributed by atoms with E-state index in [2.05, 4.69) is 108 Å². The lowest BCUT2D eigenvalue weighted by molar-refractivity contribution is 0.827. The monoisotopic (exact) mass is 388 g/mol. The molecule has 0 N–H and O–H groups in total. The molecule has 0 amide bonds. The summed E-state index contributed by atoms with van der Waals surface area (Å²) in [5.41, 5.74) is 7.80. The van der Waals surface area contributed by atoms with Crippen LogP contribution in [0.4, 0.5) is 0 Å². The molecule has 0 unspecified atom stereocenters. The third-order valence-electron chi connectivity index (χ3n) is 6.51. The smallest absolute Gasteiger partial charge is 0.0497 e. The van der Waals surface area contributed by atoms with Gasteiger partial charge in [0.25, 0.3) is 0 Å². The van der Waals surface area contributed by atoms with Crippen molar-refractivity contribution in [2.24, 2.45) is 0 Å². The molecule has 0 radical (unpaired) electrons. The highest BCUT2D eigenvalue weighted by Gasteiger charge is 2.13. The third kappa shape index (κ3) is 2.31. The van der Waals surface area contributed by atoms with E-state index in [-0.39, 0.29) is 0 Å². The van der Waals surface area contributed by atoms with Gasteiger partial charge in [-0.3, -0.25) is 0 Å². The molecule has 0 spiro atoms. The van der Waals surface area contributed by atoms with Gasteiger partial charge in [0.05, 0.1) is 0 Å². The molecule has 0 aliphatic heterocycles. The summed E-state index contributed by atoms with van der Waals surface area (Å²) >= 11 is 0. The van der Waals surface area contributed by atoms with Crippen LogP contribution in [0.25, 0.3) is 54.7 Å². The number of nitrogens with zero attached hydrogens (tertiary/aromatic N) is 2. The average molecular weight is 389 g/mol. The van der Waals surface area contributed by atoms with E-state index in [9.17, 15) is 0 Å². The molecule has 146 valence electrons. The third-order valence-corrected chi connectivity index (χ3v) is 6.51. The van der Waals surface area contributed by atoms with E-state index >= 15 is 0 Å². The van der Waals surface area contributed by atoms with Crippen LogP contribution in [0.3, 0.4) is 0 Å². The summed E-state index contributed by atoms with van der Waals surface area (Å²) in [6.45, 7) is 6.39. The van der Waals surface area contributed by atoms with Gasteiger partial charge < -0.3 is 9.13 Å². The van der Waals surface area contributed by atoms with Gasteiger partial charge in [-0.15, -0.1) is 0 Å². The highest BCUT2D eigenvalue weighted by molar-refractivity contribution is 6.11. The maximum Gasteiger partial charge on any atom is 0.0497 e. The standard InChI is InChI=1S/C28H24N2/c1-3-29-26-12-8-6-10-22(26)24-17-19(14-16-27(24)29)20-13-15-23-21-9-5-7-11-25(21)30(4-2)28(23)18-20/h5-18H,3-4H2,1-2H3. The lowest BCUT2D eigenvalue weighted by Gasteiger charge is -2.07. The van der Waals surface area contributed by atoms with Gasteiger partial charge in [0.2, 0.25) is 0 Å². The summed E-state index contributed by atoms with van der Waals surface area (Å²) in [6.07, 6.45) is 0. The molecule has 0 aliphatic rings. The fourth-order valence-corrected chi connectivity index (χ4v) is 5.14. The Kier molecular flexibility index (Phi) is 3.76. The summed E-state index contributed by atoms with van der Waals surface area (Å²) in [4.78, 5) is 0. The molecule has 0 atom stereocenters. The Labute approximate surface area is 176 Å². The summed E-state index contributed by atoms with van der Waals surface area (Å²) in [7, 11) is 0. The summed E-state index contributed by atoms with van der Waals surface area (Å²) in [5, 5.41) is 5.34. The Morgan fingerprint density at radius 1 is 0.467 bits per heavy atom. The van der Waals surface area contributed by atoms with Crippen molar-refractivity contribution in [1.82, 2.24) is 9.13 Å². The van der Waals surface area contributed by atoms with E-state index in [1.54, 1.807) is 0 Å². The molecular weight excluding hydrogens is 364 g/mol. The van der Waals surface area contributed by atoms with E-state index in [4.69, 9.17) is 0 Å². The molecule has 2 heteroatoms. The van der Waals surface area contributed by atoms with Gasteiger partial charge in [-0.2, -0.15) is 0 Å². The van der Waals surface area contributed by atoms with Gasteiger partial charge in [0.15, 0.2) is 0 Å². The highest BCUT2D eigenvalue weighted by Crippen LogP contribution is 2.35. The van der Waals surface area contributed by atoms with Crippen molar-refractivity contribution in [3.63, 3.8) is 0 Å². The number of hydrogen-bond donors (Lipinski definition) is 0. The van der Waals surface area contributed by atoms with E-state index in [0.717, 1.165) is 13.1 Å². The van der Waals surface area contributed by atoms with E-state index in [0.29, 0.717) is 0 Å². The fourth-order valence-electron chi connectivity index (χ4n) is 5.14. The molecular formula is C28H24N2. The first-order chi connectivity index (χ1) is 14.8. The minimum Gasteiger partial charge on any atom is -0.341 e. The Morgan fingerprint density at radius 3 is 1.67 bits per heavy atom. The zero-order valence-corrected chi connectivity index (χ0v) is 17.4. The number of benzene rings is 4. The largest absolute Gasteiger partial charge is 0.341 e. The first-order valence-electron chi connectivity index (χ1n) is 10.8. The van der Waals surface area contributed by atoms with Crippen LogP contribution < -0.4 is 0 Å². The lowest BCUT2D eigenvalue weighted by atomic mass is 10.0. The normalized spacial score (nSPS) is 11.9. The van der Waals surface area contributed by atoms with Gasteiger partial charge in [-0.05, 0) is 55.3 Å². The Bertz CT molecular complexity index is 1560. The quantitative estimate of drug-likeness (QED) is 0.295. The SMILES string of the molecule is CCn1c2ccccc2c2cc(-c3ccc4c5ccccc5n(CC)c4c3)ccc21. The number of rotatable bonds is 3. The fraction of sp³-hybridized carbons (Fsp3) is 0.143.